The van der Waals surface area contributed by atoms with Crippen LogP contribution in [0.1, 0.15) is 18.9 Å². The van der Waals surface area contributed by atoms with Gasteiger partial charge in [-0.1, -0.05) is 18.2 Å². The van der Waals surface area contributed by atoms with Crippen LogP contribution < -0.4 is 5.32 Å². The Balaban J connectivity index is 2.24. The maximum absolute atomic E-state index is 11.7. The minimum atomic E-state index is -0.269. The van der Waals surface area contributed by atoms with Crippen LogP contribution >= 0.6 is 0 Å². The Labute approximate surface area is 129 Å². The summed E-state index contributed by atoms with van der Waals surface area (Å²) in [5.41, 5.74) is 1.97. The number of aliphatic hydroxyl groups excluding tert-OH is 1. The molecule has 0 saturated carbocycles. The monoisotopic (exact) mass is 297 g/mol. The van der Waals surface area contributed by atoms with Gasteiger partial charge < -0.3 is 15.0 Å². The van der Waals surface area contributed by atoms with Crippen molar-refractivity contribution in [3.05, 3.63) is 42.1 Å². The number of para-hydroxylation sites is 1. The highest BCUT2D eigenvalue weighted by Gasteiger charge is 2.07. The second-order valence-corrected chi connectivity index (χ2v) is 5.13. The molecule has 1 aromatic heterocycles. The number of benzene rings is 1. The van der Waals surface area contributed by atoms with E-state index >= 15 is 0 Å². The van der Waals surface area contributed by atoms with E-state index in [-0.39, 0.29) is 18.6 Å². The Morgan fingerprint density at radius 1 is 1.50 bits per heavy atom. The number of nitrogens with zero attached hydrogens (tertiary/aromatic N) is 2. The average molecular weight is 297 g/mol. The third-order valence-corrected chi connectivity index (χ3v) is 3.36. The Hall–Kier alpha value is -2.58. The van der Waals surface area contributed by atoms with E-state index in [1.54, 1.807) is 13.0 Å². The largest absolute Gasteiger partial charge is 0.394 e. The maximum atomic E-state index is 11.7. The zero-order chi connectivity index (χ0) is 15.9. The van der Waals surface area contributed by atoms with Crippen molar-refractivity contribution in [2.75, 3.05) is 6.61 Å². The zero-order valence-electron chi connectivity index (χ0n) is 12.5. The molecule has 2 rings (SSSR count). The molecule has 5 nitrogen and oxygen atoms in total. The first-order valence-corrected chi connectivity index (χ1v) is 7.20. The summed E-state index contributed by atoms with van der Waals surface area (Å²) in [5.74, 6) is -0.240. The van der Waals surface area contributed by atoms with Gasteiger partial charge in [0.05, 0.1) is 19.1 Å². The van der Waals surface area contributed by atoms with E-state index in [9.17, 15) is 4.79 Å². The molecule has 2 N–H and O–H groups in total. The summed E-state index contributed by atoms with van der Waals surface area (Å²) in [4.78, 5) is 11.7. The van der Waals surface area contributed by atoms with Gasteiger partial charge in [0.1, 0.15) is 0 Å². The van der Waals surface area contributed by atoms with Crippen molar-refractivity contribution in [3.8, 4) is 6.07 Å². The molecule has 114 valence electrons. The van der Waals surface area contributed by atoms with Gasteiger partial charge in [-0.15, -0.1) is 0 Å². The number of aliphatic hydroxyl groups is 1. The van der Waals surface area contributed by atoms with E-state index < -0.39 is 0 Å². The Morgan fingerprint density at radius 3 is 3.00 bits per heavy atom. The van der Waals surface area contributed by atoms with Crippen LogP contribution in [0.4, 0.5) is 0 Å². The molecule has 0 bridgehead atoms. The Morgan fingerprint density at radius 2 is 2.27 bits per heavy atom. The van der Waals surface area contributed by atoms with Gasteiger partial charge >= 0.3 is 0 Å². The number of nitrogens with one attached hydrogen (secondary N) is 1. The van der Waals surface area contributed by atoms with Crippen molar-refractivity contribution in [3.63, 3.8) is 0 Å². The van der Waals surface area contributed by atoms with Crippen molar-refractivity contribution in [2.45, 2.75) is 25.9 Å². The fourth-order valence-corrected chi connectivity index (χ4v) is 2.27. The second kappa shape index (κ2) is 7.43. The van der Waals surface area contributed by atoms with E-state index in [0.717, 1.165) is 16.5 Å². The van der Waals surface area contributed by atoms with Crippen molar-refractivity contribution in [2.24, 2.45) is 0 Å². The number of carbonyl (C=O) groups excluding carboxylic acids is 1. The number of hydrogen-bond acceptors (Lipinski definition) is 3. The van der Waals surface area contributed by atoms with Crippen LogP contribution in [0.5, 0.6) is 0 Å². The number of carbonyl (C=O) groups is 1. The molecular weight excluding hydrogens is 278 g/mol. The van der Waals surface area contributed by atoms with Crippen LogP contribution in [-0.2, 0) is 11.3 Å². The predicted octanol–water partition coefficient (Wildman–Crippen LogP) is 2.07. The molecule has 2 aromatic rings. The number of fused-ring (bicyclic) bond motifs is 1. The van der Waals surface area contributed by atoms with Crippen molar-refractivity contribution < 1.29 is 9.90 Å². The third kappa shape index (κ3) is 3.74. The van der Waals surface area contributed by atoms with Gasteiger partial charge in [-0.2, -0.15) is 5.26 Å². The van der Waals surface area contributed by atoms with E-state index in [4.69, 9.17) is 10.4 Å². The molecule has 5 heteroatoms. The summed E-state index contributed by atoms with van der Waals surface area (Å²) in [6, 6.07) is 9.76. The van der Waals surface area contributed by atoms with Crippen LogP contribution in [0.2, 0.25) is 0 Å². The van der Waals surface area contributed by atoms with Gasteiger partial charge in [0, 0.05) is 41.3 Å². The molecule has 0 spiro atoms. The Kier molecular flexibility index (Phi) is 5.34. The lowest BCUT2D eigenvalue weighted by Gasteiger charge is -2.07. The van der Waals surface area contributed by atoms with Crippen LogP contribution in [0.3, 0.4) is 0 Å². The fraction of sp³-hybridized carbons (Fsp3) is 0.294. The quantitative estimate of drug-likeness (QED) is 0.801. The molecule has 0 fully saturated rings. The van der Waals surface area contributed by atoms with Crippen molar-refractivity contribution >= 4 is 22.9 Å². The lowest BCUT2D eigenvalue weighted by Crippen LogP contribution is -2.33. The predicted molar refractivity (Wildman–Crippen MR) is 85.9 cm³/mol. The number of aryl methyl sites for hydroxylation is 1. The highest BCUT2D eigenvalue weighted by molar-refractivity contribution is 5.96. The SMILES string of the molecule is CC(CO)NC(=O)/C=C/c1cn(CCC#N)c2ccccc12. The normalized spacial score (nSPS) is 12.4. The third-order valence-electron chi connectivity index (χ3n) is 3.36. The molecule has 0 aliphatic heterocycles. The topological polar surface area (TPSA) is 78.0 Å². The summed E-state index contributed by atoms with van der Waals surface area (Å²) in [5, 5.41) is 21.4. The molecule has 0 aliphatic carbocycles. The number of nitriles is 1. The fourth-order valence-electron chi connectivity index (χ4n) is 2.27. The van der Waals surface area contributed by atoms with E-state index in [0.29, 0.717) is 13.0 Å². The molecule has 1 amide bonds. The summed E-state index contributed by atoms with van der Waals surface area (Å²) in [6.07, 6.45) is 5.60. The number of amides is 1. The van der Waals surface area contributed by atoms with Crippen LogP contribution in [-0.4, -0.2) is 28.2 Å². The Bertz CT molecular complexity index is 725. The molecule has 0 radical (unpaired) electrons. The van der Waals surface area contributed by atoms with Crippen LogP contribution in [0.15, 0.2) is 36.5 Å². The highest BCUT2D eigenvalue weighted by atomic mass is 16.3. The minimum absolute atomic E-state index is 0.0902. The summed E-state index contributed by atoms with van der Waals surface area (Å²) >= 11 is 0. The molecule has 1 unspecified atom stereocenters. The molecule has 1 heterocycles. The first kappa shape index (κ1) is 15.8. The van der Waals surface area contributed by atoms with Gasteiger partial charge in [0.25, 0.3) is 0 Å². The van der Waals surface area contributed by atoms with Gasteiger partial charge in [0.2, 0.25) is 5.91 Å². The maximum Gasteiger partial charge on any atom is 0.244 e. The van der Waals surface area contributed by atoms with Gasteiger partial charge in [-0.25, -0.2) is 0 Å². The zero-order valence-corrected chi connectivity index (χ0v) is 12.5. The van der Waals surface area contributed by atoms with E-state index in [1.807, 2.05) is 35.0 Å². The number of hydrogen-bond donors (Lipinski definition) is 2. The number of aromatic nitrogens is 1. The van der Waals surface area contributed by atoms with E-state index in [2.05, 4.69) is 11.4 Å². The molecule has 1 aromatic carbocycles. The summed E-state index contributed by atoms with van der Waals surface area (Å²) < 4.78 is 2.02. The first-order chi connectivity index (χ1) is 10.7. The van der Waals surface area contributed by atoms with Gasteiger partial charge in [0.15, 0.2) is 0 Å². The molecule has 22 heavy (non-hydrogen) atoms. The van der Waals surface area contributed by atoms with Crippen molar-refractivity contribution in [1.29, 1.82) is 5.26 Å². The van der Waals surface area contributed by atoms with Crippen LogP contribution in [0, 0.1) is 11.3 Å². The molecule has 0 saturated heterocycles. The second-order valence-electron chi connectivity index (χ2n) is 5.13. The molecule has 0 aliphatic rings. The molecular formula is C17H19N3O2. The van der Waals surface area contributed by atoms with Crippen molar-refractivity contribution in [1.82, 2.24) is 9.88 Å². The minimum Gasteiger partial charge on any atom is -0.394 e. The highest BCUT2D eigenvalue weighted by Crippen LogP contribution is 2.22. The lowest BCUT2D eigenvalue weighted by molar-refractivity contribution is -0.117. The summed E-state index contributed by atoms with van der Waals surface area (Å²) in [6.45, 7) is 2.27. The standard InChI is InChI=1S/C17H19N3O2/c1-13(12-21)19-17(22)8-7-14-11-20(10-4-9-18)16-6-3-2-5-15(14)16/h2-3,5-8,11,13,21H,4,10,12H2,1H3,(H,19,22)/b8-7+. The van der Waals surface area contributed by atoms with E-state index in [1.165, 1.54) is 6.08 Å². The smallest absolute Gasteiger partial charge is 0.244 e. The van der Waals surface area contributed by atoms with Crippen LogP contribution in [0.25, 0.3) is 17.0 Å². The molecule has 1 atom stereocenters. The summed E-state index contributed by atoms with van der Waals surface area (Å²) in [7, 11) is 0. The number of rotatable bonds is 6. The first-order valence-electron chi connectivity index (χ1n) is 7.20. The average Bonchev–Trinajstić information content (AvgIpc) is 2.89. The lowest BCUT2D eigenvalue weighted by atomic mass is 10.1. The van der Waals surface area contributed by atoms with Gasteiger partial charge in [-0.3, -0.25) is 4.79 Å². The van der Waals surface area contributed by atoms with Gasteiger partial charge in [-0.05, 0) is 19.1 Å².